The summed E-state index contributed by atoms with van der Waals surface area (Å²) in [5, 5.41) is 0. The van der Waals surface area contributed by atoms with Gasteiger partial charge < -0.3 is 4.74 Å². The van der Waals surface area contributed by atoms with Crippen LogP contribution in [0.4, 0.5) is 13.2 Å². The van der Waals surface area contributed by atoms with E-state index in [1.165, 1.54) is 4.31 Å². The topological polar surface area (TPSA) is 46.6 Å². The van der Waals surface area contributed by atoms with Crippen LogP contribution in [0.5, 0.6) is 5.75 Å². The number of halogens is 3. The molecule has 0 bridgehead atoms. The van der Waals surface area contributed by atoms with Gasteiger partial charge in [-0.2, -0.15) is 4.31 Å². The first kappa shape index (κ1) is 15.8. The predicted molar refractivity (Wildman–Crippen MR) is 63.2 cm³/mol. The van der Waals surface area contributed by atoms with Crippen LogP contribution in [-0.4, -0.2) is 32.2 Å². The van der Waals surface area contributed by atoms with Gasteiger partial charge in [0.15, 0.2) is 0 Å². The zero-order valence-corrected chi connectivity index (χ0v) is 11.3. The van der Waals surface area contributed by atoms with E-state index < -0.39 is 22.1 Å². The maximum Gasteiger partial charge on any atom is 0.573 e. The third kappa shape index (κ3) is 4.10. The molecule has 0 saturated carbocycles. The molecule has 0 amide bonds. The molecule has 0 heterocycles. The van der Waals surface area contributed by atoms with Crippen molar-refractivity contribution in [3.05, 3.63) is 24.3 Å². The second-order valence-electron chi connectivity index (χ2n) is 3.61. The summed E-state index contributed by atoms with van der Waals surface area (Å²) in [6.07, 6.45) is -4.79. The number of sulfonamides is 1. The van der Waals surface area contributed by atoms with E-state index in [2.05, 4.69) is 4.74 Å². The summed E-state index contributed by atoms with van der Waals surface area (Å²) in [7, 11) is -3.67. The fourth-order valence-electron chi connectivity index (χ4n) is 1.53. The highest BCUT2D eigenvalue weighted by Gasteiger charge is 2.31. The molecule has 0 aliphatic rings. The Bertz CT molecular complexity index is 507. The maximum atomic E-state index is 12.1. The first-order valence-corrected chi connectivity index (χ1v) is 7.00. The van der Waals surface area contributed by atoms with Gasteiger partial charge in [0.1, 0.15) is 5.75 Å². The van der Waals surface area contributed by atoms with Crippen LogP contribution in [0.1, 0.15) is 13.8 Å². The highest BCUT2D eigenvalue weighted by atomic mass is 32.2. The summed E-state index contributed by atoms with van der Waals surface area (Å²) in [5.74, 6) is -0.453. The van der Waals surface area contributed by atoms with Gasteiger partial charge in [-0.25, -0.2) is 8.42 Å². The molecule has 0 unspecified atom stereocenters. The monoisotopic (exact) mass is 297 g/mol. The highest BCUT2D eigenvalue weighted by Crippen LogP contribution is 2.24. The van der Waals surface area contributed by atoms with Gasteiger partial charge in [0, 0.05) is 13.1 Å². The predicted octanol–water partition coefficient (Wildman–Crippen LogP) is 2.62. The van der Waals surface area contributed by atoms with Crippen molar-refractivity contribution in [1.29, 1.82) is 0 Å². The zero-order valence-electron chi connectivity index (χ0n) is 10.4. The number of ether oxygens (including phenoxy) is 1. The number of hydrogen-bond acceptors (Lipinski definition) is 3. The van der Waals surface area contributed by atoms with Crippen molar-refractivity contribution in [2.45, 2.75) is 25.1 Å². The number of benzene rings is 1. The van der Waals surface area contributed by atoms with E-state index in [9.17, 15) is 21.6 Å². The molecule has 0 saturated heterocycles. The highest BCUT2D eigenvalue weighted by molar-refractivity contribution is 7.89. The van der Waals surface area contributed by atoms with Crippen LogP contribution in [0.15, 0.2) is 29.2 Å². The summed E-state index contributed by atoms with van der Waals surface area (Å²) >= 11 is 0. The number of nitrogens with zero attached hydrogens (tertiary/aromatic N) is 1. The minimum atomic E-state index is -4.79. The molecule has 1 aromatic carbocycles. The first-order valence-electron chi connectivity index (χ1n) is 5.56. The normalized spacial score (nSPS) is 12.7. The number of rotatable bonds is 5. The van der Waals surface area contributed by atoms with Crippen molar-refractivity contribution >= 4 is 10.0 Å². The Balaban J connectivity index is 2.99. The molecule has 1 aromatic rings. The van der Waals surface area contributed by atoms with E-state index in [-0.39, 0.29) is 4.90 Å². The van der Waals surface area contributed by atoms with Crippen LogP contribution in [0, 0.1) is 0 Å². The Kier molecular flexibility index (Phi) is 4.81. The fraction of sp³-hybridized carbons (Fsp3) is 0.455. The Morgan fingerprint density at radius 1 is 1.11 bits per heavy atom. The lowest BCUT2D eigenvalue weighted by atomic mass is 10.3. The molecule has 108 valence electrons. The lowest BCUT2D eigenvalue weighted by Crippen LogP contribution is -2.30. The van der Waals surface area contributed by atoms with Gasteiger partial charge in [-0.15, -0.1) is 13.2 Å². The third-order valence-electron chi connectivity index (χ3n) is 2.40. The molecule has 8 heteroatoms. The van der Waals surface area contributed by atoms with Crippen LogP contribution >= 0.6 is 0 Å². The molecular weight excluding hydrogens is 283 g/mol. The maximum absolute atomic E-state index is 12.1. The standard InChI is InChI=1S/C11H14F3NO3S/c1-3-15(4-2)19(16,17)10-7-5-9(6-8-10)18-11(12,13)14/h5-8H,3-4H2,1-2H3. The molecule has 0 N–H and O–H groups in total. The van der Waals surface area contributed by atoms with Crippen molar-refractivity contribution in [2.24, 2.45) is 0 Å². The molecule has 0 aliphatic carbocycles. The molecule has 1 rings (SSSR count). The Morgan fingerprint density at radius 3 is 1.95 bits per heavy atom. The van der Waals surface area contributed by atoms with E-state index in [1.807, 2.05) is 0 Å². The molecule has 0 radical (unpaired) electrons. The van der Waals surface area contributed by atoms with Crippen molar-refractivity contribution in [3.8, 4) is 5.75 Å². The molecule has 0 atom stereocenters. The van der Waals surface area contributed by atoms with E-state index >= 15 is 0 Å². The summed E-state index contributed by atoms with van der Waals surface area (Å²) in [6, 6.07) is 4.14. The Morgan fingerprint density at radius 2 is 1.58 bits per heavy atom. The van der Waals surface area contributed by atoms with Crippen LogP contribution in [0.3, 0.4) is 0 Å². The average Bonchev–Trinajstić information content (AvgIpc) is 2.28. The molecule has 19 heavy (non-hydrogen) atoms. The average molecular weight is 297 g/mol. The molecule has 0 fully saturated rings. The van der Waals surface area contributed by atoms with Crippen molar-refractivity contribution in [2.75, 3.05) is 13.1 Å². The summed E-state index contributed by atoms with van der Waals surface area (Å²) in [4.78, 5) is -0.0641. The van der Waals surface area contributed by atoms with Gasteiger partial charge in [0.2, 0.25) is 10.0 Å². The van der Waals surface area contributed by atoms with E-state index in [0.717, 1.165) is 24.3 Å². The van der Waals surface area contributed by atoms with Crippen LogP contribution in [-0.2, 0) is 10.0 Å². The summed E-state index contributed by atoms with van der Waals surface area (Å²) in [5.41, 5.74) is 0. The minimum absolute atomic E-state index is 0.0641. The Labute approximate surface area is 109 Å². The van der Waals surface area contributed by atoms with Gasteiger partial charge in [0.25, 0.3) is 0 Å². The molecular formula is C11H14F3NO3S. The largest absolute Gasteiger partial charge is 0.573 e. The van der Waals surface area contributed by atoms with E-state index in [1.54, 1.807) is 13.8 Å². The quantitative estimate of drug-likeness (QED) is 0.839. The third-order valence-corrected chi connectivity index (χ3v) is 4.46. The molecule has 0 spiro atoms. The minimum Gasteiger partial charge on any atom is -0.406 e. The second kappa shape index (κ2) is 5.79. The van der Waals surface area contributed by atoms with Crippen LogP contribution < -0.4 is 4.74 Å². The molecule has 0 aromatic heterocycles. The van der Waals surface area contributed by atoms with Crippen molar-refractivity contribution in [3.63, 3.8) is 0 Å². The van der Waals surface area contributed by atoms with E-state index in [4.69, 9.17) is 0 Å². The van der Waals surface area contributed by atoms with Crippen molar-refractivity contribution in [1.82, 2.24) is 4.31 Å². The SMILES string of the molecule is CCN(CC)S(=O)(=O)c1ccc(OC(F)(F)F)cc1. The van der Waals surface area contributed by atoms with Crippen LogP contribution in [0.25, 0.3) is 0 Å². The number of hydrogen-bond donors (Lipinski definition) is 0. The number of alkyl halides is 3. The fourth-order valence-corrected chi connectivity index (χ4v) is 2.98. The summed E-state index contributed by atoms with van der Waals surface area (Å²) < 4.78 is 64.9. The summed E-state index contributed by atoms with van der Waals surface area (Å²) in [6.45, 7) is 3.95. The van der Waals surface area contributed by atoms with Gasteiger partial charge in [-0.05, 0) is 24.3 Å². The smallest absolute Gasteiger partial charge is 0.406 e. The lowest BCUT2D eigenvalue weighted by Gasteiger charge is -2.18. The van der Waals surface area contributed by atoms with Gasteiger partial charge in [-0.3, -0.25) is 0 Å². The van der Waals surface area contributed by atoms with Gasteiger partial charge in [0.05, 0.1) is 4.90 Å². The zero-order chi connectivity index (χ0) is 14.7. The lowest BCUT2D eigenvalue weighted by molar-refractivity contribution is -0.274. The van der Waals surface area contributed by atoms with Gasteiger partial charge >= 0.3 is 6.36 Å². The van der Waals surface area contributed by atoms with Crippen molar-refractivity contribution < 1.29 is 26.3 Å². The van der Waals surface area contributed by atoms with Gasteiger partial charge in [-0.1, -0.05) is 13.8 Å². The molecule has 4 nitrogen and oxygen atoms in total. The molecule has 0 aliphatic heterocycles. The first-order chi connectivity index (χ1) is 8.70. The second-order valence-corrected chi connectivity index (χ2v) is 5.55. The van der Waals surface area contributed by atoms with Crippen LogP contribution in [0.2, 0.25) is 0 Å². The van der Waals surface area contributed by atoms with E-state index in [0.29, 0.717) is 13.1 Å². The Hall–Kier alpha value is -1.28.